The Morgan fingerprint density at radius 3 is 1.59 bits per heavy atom. The van der Waals surface area contributed by atoms with Crippen LogP contribution < -0.4 is 15.0 Å². The second-order valence-electron chi connectivity index (χ2n) is 13.3. The molecule has 0 saturated heterocycles. The Balaban J connectivity index is 1.26. The molecule has 1 aliphatic carbocycles. The van der Waals surface area contributed by atoms with Crippen molar-refractivity contribution in [1.82, 2.24) is 0 Å². The fourth-order valence-corrected chi connectivity index (χ4v) is 8.03. The van der Waals surface area contributed by atoms with Gasteiger partial charge in [-0.2, -0.15) is 0 Å². The molecular formula is C49H34N2. The van der Waals surface area contributed by atoms with E-state index in [2.05, 4.69) is 204 Å². The summed E-state index contributed by atoms with van der Waals surface area (Å²) in [6.07, 6.45) is 5.46. The number of hydrogen-bond donors (Lipinski definition) is 0. The average Bonchev–Trinajstić information content (AvgIpc) is 3.38. The largest absolute Gasteiger partial charge is 0.313 e. The van der Waals surface area contributed by atoms with Crippen molar-refractivity contribution in [2.24, 2.45) is 0 Å². The number of benzene rings is 9. The van der Waals surface area contributed by atoms with Gasteiger partial charge in [-0.15, -0.1) is 0 Å². The predicted molar refractivity (Wildman–Crippen MR) is 218 cm³/mol. The molecule has 0 radical (unpaired) electrons. The summed E-state index contributed by atoms with van der Waals surface area (Å²) in [6.45, 7) is 0. The van der Waals surface area contributed by atoms with Crippen LogP contribution in [0.1, 0.15) is 12.0 Å². The number of nitrogens with zero attached hydrogens (tertiary/aromatic N) is 2. The molecule has 2 heteroatoms. The molecule has 0 bridgehead atoms. The van der Waals surface area contributed by atoms with Crippen LogP contribution in [0, 0.1) is 0 Å². The Labute approximate surface area is 297 Å². The molecular weight excluding hydrogens is 617 g/mol. The molecule has 0 saturated carbocycles. The van der Waals surface area contributed by atoms with Crippen LogP contribution in [0.15, 0.2) is 188 Å². The van der Waals surface area contributed by atoms with Gasteiger partial charge in [0.05, 0.1) is 5.69 Å². The molecule has 1 aliphatic rings. The van der Waals surface area contributed by atoms with E-state index in [0.29, 0.717) is 0 Å². The zero-order valence-electron chi connectivity index (χ0n) is 28.1. The number of hydrogen-bond acceptors (Lipinski definition) is 2. The van der Waals surface area contributed by atoms with Crippen LogP contribution >= 0.6 is 0 Å². The molecule has 10 rings (SSSR count). The van der Waals surface area contributed by atoms with E-state index >= 15 is 0 Å². The molecule has 0 fully saturated rings. The van der Waals surface area contributed by atoms with Gasteiger partial charge in [0.15, 0.2) is 0 Å². The van der Waals surface area contributed by atoms with Gasteiger partial charge in [-0.3, -0.25) is 0 Å². The van der Waals surface area contributed by atoms with Gasteiger partial charge in [-0.1, -0.05) is 140 Å². The van der Waals surface area contributed by atoms with Gasteiger partial charge in [0.25, 0.3) is 0 Å². The molecule has 0 unspecified atom stereocenters. The Morgan fingerprint density at radius 1 is 0.373 bits per heavy atom. The van der Waals surface area contributed by atoms with E-state index in [-0.39, 0.29) is 0 Å². The summed E-state index contributed by atoms with van der Waals surface area (Å²) in [6, 6.07) is 66.3. The molecule has 0 heterocycles. The smallest absolute Gasteiger partial charge is 0.0540 e. The first kappa shape index (κ1) is 29.3. The van der Waals surface area contributed by atoms with Crippen LogP contribution in [0.3, 0.4) is 0 Å². The Morgan fingerprint density at radius 2 is 0.922 bits per heavy atom. The van der Waals surface area contributed by atoms with Crippen LogP contribution in [-0.4, -0.2) is 0 Å². The van der Waals surface area contributed by atoms with Gasteiger partial charge in [-0.05, 0) is 97.9 Å². The topological polar surface area (TPSA) is 6.48 Å². The summed E-state index contributed by atoms with van der Waals surface area (Å²) in [5, 5.41) is 11.3. The van der Waals surface area contributed by atoms with Gasteiger partial charge in [0, 0.05) is 45.5 Å². The van der Waals surface area contributed by atoms with E-state index in [4.69, 9.17) is 0 Å². The van der Waals surface area contributed by atoms with E-state index in [0.717, 1.165) is 34.9 Å². The van der Waals surface area contributed by atoms with Crippen LogP contribution in [0.5, 0.6) is 0 Å². The third-order valence-electron chi connectivity index (χ3n) is 10.4. The highest BCUT2D eigenvalue weighted by Gasteiger charge is 2.22. The van der Waals surface area contributed by atoms with Gasteiger partial charge < -0.3 is 9.80 Å². The van der Waals surface area contributed by atoms with Crippen LogP contribution in [0.25, 0.3) is 54.9 Å². The molecule has 51 heavy (non-hydrogen) atoms. The highest BCUT2D eigenvalue weighted by Crippen LogP contribution is 2.43. The maximum atomic E-state index is 2.46. The molecule has 9 aromatic carbocycles. The van der Waals surface area contributed by atoms with Crippen molar-refractivity contribution in [2.45, 2.75) is 6.42 Å². The summed E-state index contributed by atoms with van der Waals surface area (Å²) in [5.74, 6) is 0. The SMILES string of the molecule is C1=Cc2ccc3c(N(c4ccccc4)c4ccc5ccccc5c4)ccc4ccc(c2c43)=C(N(c2ccccc2)c2ccc3ccccc3c2)C1. The first-order chi connectivity index (χ1) is 25.3. The van der Waals surface area contributed by atoms with E-state index in [1.165, 1.54) is 59.6 Å². The zero-order valence-corrected chi connectivity index (χ0v) is 28.1. The fraction of sp³-hybridized carbons (Fsp3) is 0.0204. The van der Waals surface area contributed by atoms with Gasteiger partial charge in [-0.25, -0.2) is 0 Å². The molecule has 9 aromatic rings. The predicted octanol–water partition coefficient (Wildman–Crippen LogP) is 12.9. The quantitative estimate of drug-likeness (QED) is 0.177. The summed E-state index contributed by atoms with van der Waals surface area (Å²) < 4.78 is 0. The van der Waals surface area contributed by atoms with E-state index in [1.807, 2.05) is 0 Å². The monoisotopic (exact) mass is 650 g/mol. The summed E-state index contributed by atoms with van der Waals surface area (Å²) >= 11 is 0. The molecule has 2 nitrogen and oxygen atoms in total. The lowest BCUT2D eigenvalue weighted by Crippen LogP contribution is -2.23. The highest BCUT2D eigenvalue weighted by atomic mass is 15.2. The van der Waals surface area contributed by atoms with E-state index < -0.39 is 0 Å². The molecule has 0 N–H and O–H groups in total. The number of para-hydroxylation sites is 2. The van der Waals surface area contributed by atoms with Crippen molar-refractivity contribution in [3.8, 4) is 0 Å². The third-order valence-corrected chi connectivity index (χ3v) is 10.4. The van der Waals surface area contributed by atoms with Crippen LogP contribution in [0.2, 0.25) is 0 Å². The fourth-order valence-electron chi connectivity index (χ4n) is 8.03. The molecule has 0 amide bonds. The zero-order chi connectivity index (χ0) is 33.7. The summed E-state index contributed by atoms with van der Waals surface area (Å²) in [7, 11) is 0. The minimum absolute atomic E-state index is 0.805. The van der Waals surface area contributed by atoms with Crippen molar-refractivity contribution >= 4 is 83.3 Å². The molecule has 0 spiro atoms. The lowest BCUT2D eigenvalue weighted by Gasteiger charge is -2.29. The van der Waals surface area contributed by atoms with Gasteiger partial charge in [0.1, 0.15) is 0 Å². The van der Waals surface area contributed by atoms with Crippen molar-refractivity contribution in [3.05, 3.63) is 199 Å². The number of anilines is 5. The van der Waals surface area contributed by atoms with Crippen molar-refractivity contribution in [3.63, 3.8) is 0 Å². The van der Waals surface area contributed by atoms with Crippen molar-refractivity contribution in [2.75, 3.05) is 9.80 Å². The normalized spacial score (nSPS) is 12.5. The van der Waals surface area contributed by atoms with Crippen LogP contribution in [0.4, 0.5) is 28.4 Å². The maximum absolute atomic E-state index is 2.46. The highest BCUT2D eigenvalue weighted by molar-refractivity contribution is 6.18. The third kappa shape index (κ3) is 4.95. The van der Waals surface area contributed by atoms with Gasteiger partial charge in [0.2, 0.25) is 0 Å². The Hall–Kier alpha value is -6.64. The standard InChI is InChI=1S/C49H34N2/c1-3-17-40(18-4-1)50(42-27-22-34-12-7-9-14-38(34)32-42)46-21-11-16-36-24-29-45-47(31-26-37-25-30-44(46)48(36)49(37)45)51(41-19-5-2-6-20-41)43-28-23-35-13-8-10-15-39(35)33-43/h1-20,22-33H,21H2. The minimum Gasteiger partial charge on any atom is -0.313 e. The average molecular weight is 651 g/mol. The molecule has 0 atom stereocenters. The number of rotatable bonds is 6. The second kappa shape index (κ2) is 12.0. The van der Waals surface area contributed by atoms with E-state index in [9.17, 15) is 0 Å². The number of fused-ring (bicyclic) bond motifs is 2. The van der Waals surface area contributed by atoms with Crippen molar-refractivity contribution in [1.29, 1.82) is 0 Å². The molecule has 0 aliphatic heterocycles. The first-order valence-electron chi connectivity index (χ1n) is 17.7. The maximum Gasteiger partial charge on any atom is 0.0540 e. The minimum atomic E-state index is 0.805. The van der Waals surface area contributed by atoms with Crippen LogP contribution in [-0.2, 0) is 0 Å². The van der Waals surface area contributed by atoms with Crippen molar-refractivity contribution < 1.29 is 0 Å². The lowest BCUT2D eigenvalue weighted by molar-refractivity contribution is 1.21. The molecule has 0 aromatic heterocycles. The summed E-state index contributed by atoms with van der Waals surface area (Å²) in [4.78, 5) is 4.88. The van der Waals surface area contributed by atoms with Gasteiger partial charge >= 0.3 is 0 Å². The first-order valence-corrected chi connectivity index (χ1v) is 17.7. The molecule has 240 valence electrons. The summed E-state index contributed by atoms with van der Waals surface area (Å²) in [5.41, 5.74) is 8.26. The van der Waals surface area contributed by atoms with E-state index in [1.54, 1.807) is 0 Å². The second-order valence-corrected chi connectivity index (χ2v) is 13.3. The lowest BCUT2D eigenvalue weighted by atomic mass is 9.93. The Kier molecular flexibility index (Phi) is 6.92. The Bertz CT molecular complexity index is 2840.